The summed E-state index contributed by atoms with van der Waals surface area (Å²) in [7, 11) is 0. The lowest BCUT2D eigenvalue weighted by molar-refractivity contribution is -0.123. The largest absolute Gasteiger partial charge is 0.477 e. The maximum atomic E-state index is 13.3. The lowest BCUT2D eigenvalue weighted by Gasteiger charge is -2.34. The summed E-state index contributed by atoms with van der Waals surface area (Å²) in [5.41, 5.74) is 1.81. The average Bonchev–Trinajstić information content (AvgIpc) is 2.77. The Kier molecular flexibility index (Phi) is 6.12. The molecule has 7 nitrogen and oxygen atoms in total. The van der Waals surface area contributed by atoms with E-state index in [-0.39, 0.29) is 24.1 Å². The van der Waals surface area contributed by atoms with Crippen LogP contribution in [0.1, 0.15) is 49.6 Å². The van der Waals surface area contributed by atoms with Crippen LogP contribution >= 0.6 is 23.2 Å². The number of rotatable bonds is 5. The van der Waals surface area contributed by atoms with Gasteiger partial charge in [0.2, 0.25) is 5.91 Å². The van der Waals surface area contributed by atoms with Gasteiger partial charge in [0.25, 0.3) is 5.91 Å². The van der Waals surface area contributed by atoms with Crippen molar-refractivity contribution in [3.05, 3.63) is 98.8 Å². The summed E-state index contributed by atoms with van der Waals surface area (Å²) in [5.74, 6) is -2.60. The summed E-state index contributed by atoms with van der Waals surface area (Å²) in [5, 5.41) is 15.6. The van der Waals surface area contributed by atoms with E-state index in [4.69, 9.17) is 28.3 Å². The Morgan fingerprint density at radius 1 is 1.03 bits per heavy atom. The standard InChI is InChI=1S/C23H17Cl2N3O4/c24-12-8-9-16(17(25)10-12)20-19(14-5-1-2-6-15(14)21(29)28-20)22(30)26-11-13-4-3-7-18(27-13)23(31)32/h1-10,19-20H,11H2,(H,26,30)(H,28,29)(H,31,32)/t19-,20+/m1/s1. The van der Waals surface area contributed by atoms with Crippen molar-refractivity contribution >= 4 is 41.0 Å². The summed E-state index contributed by atoms with van der Waals surface area (Å²) < 4.78 is 0. The SMILES string of the molecule is O=C(O)c1cccc(CNC(=O)[C@@H]2c3ccccc3C(=O)N[C@H]2c2ccc(Cl)cc2Cl)n1. The molecule has 1 aromatic heterocycles. The number of hydrogen-bond donors (Lipinski definition) is 3. The molecule has 2 amide bonds. The van der Waals surface area contributed by atoms with Gasteiger partial charge in [0.1, 0.15) is 5.69 Å². The monoisotopic (exact) mass is 469 g/mol. The Morgan fingerprint density at radius 2 is 1.81 bits per heavy atom. The van der Waals surface area contributed by atoms with Crippen LogP contribution in [-0.4, -0.2) is 27.9 Å². The number of aromatic nitrogens is 1. The van der Waals surface area contributed by atoms with Gasteiger partial charge in [-0.15, -0.1) is 0 Å². The fourth-order valence-corrected chi connectivity index (χ4v) is 4.27. The van der Waals surface area contributed by atoms with Gasteiger partial charge in [-0.1, -0.05) is 53.5 Å². The van der Waals surface area contributed by atoms with Gasteiger partial charge >= 0.3 is 5.97 Å². The van der Waals surface area contributed by atoms with Crippen LogP contribution in [0.2, 0.25) is 10.0 Å². The third-order valence-electron chi connectivity index (χ3n) is 5.21. The zero-order valence-electron chi connectivity index (χ0n) is 16.5. The zero-order valence-corrected chi connectivity index (χ0v) is 18.0. The summed E-state index contributed by atoms with van der Waals surface area (Å²) in [4.78, 5) is 41.2. The molecular weight excluding hydrogens is 453 g/mol. The number of carbonyl (C=O) groups is 3. The third kappa shape index (κ3) is 4.30. The number of nitrogens with zero attached hydrogens (tertiary/aromatic N) is 1. The Balaban J connectivity index is 1.68. The van der Waals surface area contributed by atoms with Crippen molar-refractivity contribution < 1.29 is 19.5 Å². The maximum absolute atomic E-state index is 13.3. The van der Waals surface area contributed by atoms with Gasteiger partial charge in [-0.05, 0) is 41.5 Å². The van der Waals surface area contributed by atoms with Crippen LogP contribution in [0, 0.1) is 0 Å². The van der Waals surface area contributed by atoms with Gasteiger partial charge in [0.15, 0.2) is 0 Å². The second-order valence-electron chi connectivity index (χ2n) is 7.22. The molecule has 1 aliphatic heterocycles. The molecule has 3 N–H and O–H groups in total. The average molecular weight is 470 g/mol. The minimum absolute atomic E-state index is 0.0215. The highest BCUT2D eigenvalue weighted by Gasteiger charge is 2.39. The number of nitrogens with one attached hydrogen (secondary N) is 2. The van der Waals surface area contributed by atoms with E-state index in [0.29, 0.717) is 32.4 Å². The Labute approximate surface area is 193 Å². The number of hydrogen-bond acceptors (Lipinski definition) is 4. The molecule has 0 fully saturated rings. The number of amides is 2. The number of carboxylic acid groups (broad SMARTS) is 1. The highest BCUT2D eigenvalue weighted by molar-refractivity contribution is 6.35. The molecule has 32 heavy (non-hydrogen) atoms. The van der Waals surface area contributed by atoms with Crippen LogP contribution in [0.25, 0.3) is 0 Å². The summed E-state index contributed by atoms with van der Waals surface area (Å²) >= 11 is 12.4. The Morgan fingerprint density at radius 3 is 2.56 bits per heavy atom. The molecule has 0 spiro atoms. The van der Waals surface area contributed by atoms with Crippen LogP contribution in [-0.2, 0) is 11.3 Å². The first-order valence-electron chi connectivity index (χ1n) is 9.67. The molecule has 0 unspecified atom stereocenters. The van der Waals surface area contributed by atoms with Crippen LogP contribution < -0.4 is 10.6 Å². The van der Waals surface area contributed by atoms with Crippen LogP contribution in [0.15, 0.2) is 60.7 Å². The number of benzene rings is 2. The van der Waals surface area contributed by atoms with Gasteiger partial charge < -0.3 is 15.7 Å². The molecule has 162 valence electrons. The molecule has 0 radical (unpaired) electrons. The van der Waals surface area contributed by atoms with Crippen molar-refractivity contribution in [2.75, 3.05) is 0 Å². The molecule has 9 heteroatoms. The first-order chi connectivity index (χ1) is 15.3. The molecule has 1 aliphatic rings. The second-order valence-corrected chi connectivity index (χ2v) is 8.06. The van der Waals surface area contributed by atoms with E-state index in [1.807, 2.05) is 0 Å². The molecule has 0 bridgehead atoms. The van der Waals surface area contributed by atoms with Gasteiger partial charge in [0.05, 0.1) is 24.2 Å². The molecule has 2 atom stereocenters. The molecule has 3 aromatic rings. The summed E-state index contributed by atoms with van der Waals surface area (Å²) in [6.07, 6.45) is 0. The Bertz CT molecular complexity index is 1230. The topological polar surface area (TPSA) is 108 Å². The van der Waals surface area contributed by atoms with Crippen LogP contribution in [0.5, 0.6) is 0 Å². The first kappa shape index (κ1) is 21.8. The highest BCUT2D eigenvalue weighted by atomic mass is 35.5. The predicted octanol–water partition coefficient (Wildman–Crippen LogP) is 3.97. The minimum Gasteiger partial charge on any atom is -0.477 e. The fourth-order valence-electron chi connectivity index (χ4n) is 3.75. The fraction of sp³-hybridized carbons (Fsp3) is 0.130. The van der Waals surface area contributed by atoms with E-state index < -0.39 is 17.9 Å². The van der Waals surface area contributed by atoms with Gasteiger partial charge in [0, 0.05) is 15.6 Å². The lowest BCUT2D eigenvalue weighted by atomic mass is 9.80. The van der Waals surface area contributed by atoms with E-state index in [2.05, 4.69) is 15.6 Å². The van der Waals surface area contributed by atoms with E-state index in [9.17, 15) is 14.4 Å². The number of aromatic carboxylic acids is 1. The normalized spacial score (nSPS) is 17.2. The van der Waals surface area contributed by atoms with E-state index in [0.717, 1.165) is 0 Å². The molecule has 0 saturated heterocycles. The number of pyridine rings is 1. The van der Waals surface area contributed by atoms with Gasteiger partial charge in [-0.3, -0.25) is 9.59 Å². The Hall–Kier alpha value is -3.42. The molecule has 0 aliphatic carbocycles. The van der Waals surface area contributed by atoms with E-state index >= 15 is 0 Å². The molecule has 4 rings (SSSR count). The van der Waals surface area contributed by atoms with Crippen molar-refractivity contribution in [1.82, 2.24) is 15.6 Å². The minimum atomic E-state index is -1.15. The number of carbonyl (C=O) groups excluding carboxylic acids is 2. The smallest absolute Gasteiger partial charge is 0.354 e. The quantitative estimate of drug-likeness (QED) is 0.523. The van der Waals surface area contributed by atoms with Crippen molar-refractivity contribution in [3.8, 4) is 0 Å². The number of halogens is 2. The highest BCUT2D eigenvalue weighted by Crippen LogP contribution is 2.40. The summed E-state index contributed by atoms with van der Waals surface area (Å²) in [6.45, 7) is 0.0215. The lowest BCUT2D eigenvalue weighted by Crippen LogP contribution is -2.44. The molecule has 2 heterocycles. The van der Waals surface area contributed by atoms with Crippen LogP contribution in [0.3, 0.4) is 0 Å². The van der Waals surface area contributed by atoms with Crippen molar-refractivity contribution in [1.29, 1.82) is 0 Å². The van der Waals surface area contributed by atoms with Gasteiger partial charge in [-0.2, -0.15) is 0 Å². The first-order valence-corrected chi connectivity index (χ1v) is 10.4. The predicted molar refractivity (Wildman–Crippen MR) is 119 cm³/mol. The van der Waals surface area contributed by atoms with E-state index in [1.54, 1.807) is 54.6 Å². The van der Waals surface area contributed by atoms with Crippen molar-refractivity contribution in [2.24, 2.45) is 0 Å². The van der Waals surface area contributed by atoms with Crippen molar-refractivity contribution in [3.63, 3.8) is 0 Å². The van der Waals surface area contributed by atoms with Crippen LogP contribution in [0.4, 0.5) is 0 Å². The van der Waals surface area contributed by atoms with Crippen molar-refractivity contribution in [2.45, 2.75) is 18.5 Å². The third-order valence-corrected chi connectivity index (χ3v) is 5.77. The van der Waals surface area contributed by atoms with Gasteiger partial charge in [-0.25, -0.2) is 9.78 Å². The molecule has 2 aromatic carbocycles. The van der Waals surface area contributed by atoms with E-state index in [1.165, 1.54) is 6.07 Å². The summed E-state index contributed by atoms with van der Waals surface area (Å²) in [6, 6.07) is 15.6. The maximum Gasteiger partial charge on any atom is 0.354 e. The molecular formula is C23H17Cl2N3O4. The number of fused-ring (bicyclic) bond motifs is 1. The number of carboxylic acids is 1. The second kappa shape index (κ2) is 8.98. The molecule has 0 saturated carbocycles. The zero-order chi connectivity index (χ0) is 22.8.